The highest BCUT2D eigenvalue weighted by Gasteiger charge is 2.15. The van der Waals surface area contributed by atoms with Crippen molar-refractivity contribution in [1.29, 1.82) is 0 Å². The van der Waals surface area contributed by atoms with Gasteiger partial charge in [-0.15, -0.1) is 0 Å². The topological polar surface area (TPSA) is 97.0 Å². The van der Waals surface area contributed by atoms with Crippen molar-refractivity contribution in [3.63, 3.8) is 0 Å². The second-order valence-electron chi connectivity index (χ2n) is 9.70. The molecule has 0 unspecified atom stereocenters. The van der Waals surface area contributed by atoms with Gasteiger partial charge in [0.25, 0.3) is 11.8 Å². The average Bonchev–Trinajstić information content (AvgIpc) is 3.04. The number of carbonyl (C=O) groups is 3. The molecule has 0 saturated heterocycles. The predicted molar refractivity (Wildman–Crippen MR) is 171 cm³/mol. The minimum atomic E-state index is -0.508. The summed E-state index contributed by atoms with van der Waals surface area (Å²) < 4.78 is 10.6. The lowest BCUT2D eigenvalue weighted by molar-refractivity contribution is -0.113. The van der Waals surface area contributed by atoms with E-state index < -0.39 is 11.8 Å². The molecule has 8 nitrogen and oxygen atoms in total. The molecule has 0 fully saturated rings. The average molecular weight is 576 g/mol. The smallest absolute Gasteiger partial charge is 0.272 e. The van der Waals surface area contributed by atoms with Gasteiger partial charge in [0.1, 0.15) is 17.2 Å². The fourth-order valence-corrected chi connectivity index (χ4v) is 4.11. The maximum absolute atomic E-state index is 13.3. The summed E-state index contributed by atoms with van der Waals surface area (Å²) >= 11 is 0. The molecular formula is C35H33N3O5. The molecule has 0 heterocycles. The van der Waals surface area contributed by atoms with Gasteiger partial charge in [-0.1, -0.05) is 30.3 Å². The predicted octanol–water partition coefficient (Wildman–Crippen LogP) is 6.08. The SMILES string of the molecule is COc1ccc(/C=C/C(=O)c2ccc(NC(=O)/C(=C/c3ccc(N(C)C)cc3)NC(=O)c3ccccc3)cc2)c(OC)c1. The van der Waals surface area contributed by atoms with E-state index in [1.807, 2.05) is 49.3 Å². The van der Waals surface area contributed by atoms with E-state index in [9.17, 15) is 14.4 Å². The highest BCUT2D eigenvalue weighted by Crippen LogP contribution is 2.26. The van der Waals surface area contributed by atoms with Crippen molar-refractivity contribution in [2.75, 3.05) is 38.5 Å². The molecule has 0 aliphatic rings. The van der Waals surface area contributed by atoms with Crippen molar-refractivity contribution in [1.82, 2.24) is 5.32 Å². The lowest BCUT2D eigenvalue weighted by atomic mass is 10.1. The number of anilines is 2. The number of carbonyl (C=O) groups excluding carboxylic acids is 3. The molecule has 0 saturated carbocycles. The van der Waals surface area contributed by atoms with E-state index >= 15 is 0 Å². The summed E-state index contributed by atoms with van der Waals surface area (Å²) in [6, 6.07) is 28.1. The number of amides is 2. The standard InChI is InChI=1S/C35H33N3O5/c1-38(2)29-18-10-24(11-19-29)22-31(37-34(40)27-8-6-5-7-9-27)35(41)36-28-16-12-25(13-17-28)32(39)21-15-26-14-20-30(42-3)23-33(26)43-4/h5-23H,1-4H3,(H,36,41)(H,37,40)/b21-15+,31-22-. The summed E-state index contributed by atoms with van der Waals surface area (Å²) in [5.41, 5.74) is 3.87. The molecule has 0 radical (unpaired) electrons. The number of hydrogen-bond acceptors (Lipinski definition) is 6. The largest absolute Gasteiger partial charge is 0.497 e. The van der Waals surface area contributed by atoms with Gasteiger partial charge < -0.3 is 25.0 Å². The Balaban J connectivity index is 1.50. The zero-order valence-corrected chi connectivity index (χ0v) is 24.5. The number of nitrogens with zero attached hydrogens (tertiary/aromatic N) is 1. The van der Waals surface area contributed by atoms with Gasteiger partial charge in [0.05, 0.1) is 14.2 Å². The fourth-order valence-electron chi connectivity index (χ4n) is 4.11. The van der Waals surface area contributed by atoms with Crippen molar-refractivity contribution >= 4 is 41.1 Å². The number of nitrogens with one attached hydrogen (secondary N) is 2. The van der Waals surface area contributed by atoms with Gasteiger partial charge in [-0.3, -0.25) is 14.4 Å². The molecule has 0 aromatic heterocycles. The third kappa shape index (κ3) is 8.20. The third-order valence-corrected chi connectivity index (χ3v) is 6.53. The Bertz CT molecular complexity index is 1640. The Labute approximate surface area is 251 Å². The van der Waals surface area contributed by atoms with E-state index in [1.165, 1.54) is 6.08 Å². The van der Waals surface area contributed by atoms with E-state index in [4.69, 9.17) is 9.47 Å². The molecule has 43 heavy (non-hydrogen) atoms. The van der Waals surface area contributed by atoms with Crippen molar-refractivity contribution in [2.24, 2.45) is 0 Å². The highest BCUT2D eigenvalue weighted by atomic mass is 16.5. The molecule has 0 aliphatic heterocycles. The monoisotopic (exact) mass is 575 g/mol. The van der Waals surface area contributed by atoms with Gasteiger partial charge in [-0.25, -0.2) is 0 Å². The number of benzene rings is 4. The maximum atomic E-state index is 13.3. The molecule has 0 atom stereocenters. The van der Waals surface area contributed by atoms with E-state index in [-0.39, 0.29) is 11.5 Å². The number of allylic oxidation sites excluding steroid dienone is 1. The molecule has 4 aromatic rings. The van der Waals surface area contributed by atoms with Crippen LogP contribution in [0.1, 0.15) is 31.8 Å². The first-order chi connectivity index (χ1) is 20.8. The molecule has 2 amide bonds. The van der Waals surface area contributed by atoms with Crippen LogP contribution in [0.2, 0.25) is 0 Å². The molecule has 4 aromatic carbocycles. The van der Waals surface area contributed by atoms with Crippen LogP contribution in [0.3, 0.4) is 0 Å². The molecule has 4 rings (SSSR count). The van der Waals surface area contributed by atoms with Crippen molar-refractivity contribution in [3.8, 4) is 11.5 Å². The van der Waals surface area contributed by atoms with E-state index in [0.717, 1.165) is 16.8 Å². The number of methoxy groups -OCH3 is 2. The van der Waals surface area contributed by atoms with Gasteiger partial charge >= 0.3 is 0 Å². The van der Waals surface area contributed by atoms with Crippen LogP contribution >= 0.6 is 0 Å². The Morgan fingerprint density at radius 3 is 2.09 bits per heavy atom. The lowest BCUT2D eigenvalue weighted by Crippen LogP contribution is -2.30. The summed E-state index contributed by atoms with van der Waals surface area (Å²) in [5, 5.41) is 5.55. The van der Waals surface area contributed by atoms with Crippen LogP contribution in [-0.4, -0.2) is 45.9 Å². The lowest BCUT2D eigenvalue weighted by Gasteiger charge is -2.13. The summed E-state index contributed by atoms with van der Waals surface area (Å²) in [6.07, 6.45) is 4.75. The van der Waals surface area contributed by atoms with Crippen LogP contribution in [-0.2, 0) is 4.79 Å². The van der Waals surface area contributed by atoms with Gasteiger partial charge in [-0.2, -0.15) is 0 Å². The van der Waals surface area contributed by atoms with Crippen LogP contribution in [0.5, 0.6) is 11.5 Å². The molecule has 0 bridgehead atoms. The van der Waals surface area contributed by atoms with E-state index in [1.54, 1.807) is 93.1 Å². The first-order valence-corrected chi connectivity index (χ1v) is 13.5. The van der Waals surface area contributed by atoms with Gasteiger partial charge in [0, 0.05) is 48.2 Å². The Morgan fingerprint density at radius 2 is 1.47 bits per heavy atom. The fraction of sp³-hybridized carbons (Fsp3) is 0.114. The first kappa shape index (κ1) is 30.3. The number of hydrogen-bond donors (Lipinski definition) is 2. The van der Waals surface area contributed by atoms with Crippen LogP contribution in [0.15, 0.2) is 109 Å². The Kier molecular flexibility index (Phi) is 10.1. The maximum Gasteiger partial charge on any atom is 0.272 e. The van der Waals surface area contributed by atoms with E-state index in [0.29, 0.717) is 28.3 Å². The number of rotatable bonds is 11. The summed E-state index contributed by atoms with van der Waals surface area (Å²) in [7, 11) is 7.01. The van der Waals surface area contributed by atoms with E-state index in [2.05, 4.69) is 10.6 Å². The summed E-state index contributed by atoms with van der Waals surface area (Å²) in [5.74, 6) is 0.100. The van der Waals surface area contributed by atoms with Gasteiger partial charge in [0.15, 0.2) is 5.78 Å². The number of ether oxygens (including phenoxy) is 2. The van der Waals surface area contributed by atoms with Crippen molar-refractivity contribution in [2.45, 2.75) is 0 Å². The zero-order chi connectivity index (χ0) is 30.8. The molecule has 0 spiro atoms. The third-order valence-electron chi connectivity index (χ3n) is 6.53. The number of ketones is 1. The molecule has 2 N–H and O–H groups in total. The van der Waals surface area contributed by atoms with Crippen LogP contribution < -0.4 is 25.0 Å². The van der Waals surface area contributed by atoms with Crippen LogP contribution in [0.25, 0.3) is 12.2 Å². The van der Waals surface area contributed by atoms with Gasteiger partial charge in [-0.05, 0) is 84.5 Å². The quantitative estimate of drug-likeness (QED) is 0.166. The minimum absolute atomic E-state index is 0.0722. The summed E-state index contributed by atoms with van der Waals surface area (Å²) in [4.78, 5) is 41.0. The minimum Gasteiger partial charge on any atom is -0.497 e. The molecular weight excluding hydrogens is 542 g/mol. The van der Waals surface area contributed by atoms with Crippen molar-refractivity contribution < 1.29 is 23.9 Å². The molecule has 218 valence electrons. The second-order valence-corrected chi connectivity index (χ2v) is 9.70. The normalized spacial score (nSPS) is 11.1. The van der Waals surface area contributed by atoms with Crippen LogP contribution in [0.4, 0.5) is 11.4 Å². The Morgan fingerprint density at radius 1 is 0.767 bits per heavy atom. The molecule has 8 heteroatoms. The van der Waals surface area contributed by atoms with Crippen LogP contribution in [0, 0.1) is 0 Å². The van der Waals surface area contributed by atoms with Crippen molar-refractivity contribution in [3.05, 3.63) is 131 Å². The zero-order valence-electron chi connectivity index (χ0n) is 24.5. The second kappa shape index (κ2) is 14.3. The Hall–Kier alpha value is -5.63. The van der Waals surface area contributed by atoms with Gasteiger partial charge in [0.2, 0.25) is 0 Å². The summed E-state index contributed by atoms with van der Waals surface area (Å²) in [6.45, 7) is 0. The first-order valence-electron chi connectivity index (χ1n) is 13.5. The highest BCUT2D eigenvalue weighted by molar-refractivity contribution is 6.11. The molecule has 0 aliphatic carbocycles.